The fraction of sp³-hybridized carbons (Fsp3) is 0.0909. The van der Waals surface area contributed by atoms with E-state index in [1.807, 2.05) is 32.0 Å². The van der Waals surface area contributed by atoms with Crippen molar-refractivity contribution in [3.8, 4) is 11.5 Å². The molecule has 2 amide bonds. The Bertz CT molecular complexity index is 1150. The number of carbonyl (C=O) groups excluding carboxylic acids is 2. The van der Waals surface area contributed by atoms with Crippen molar-refractivity contribution in [1.82, 2.24) is 0 Å². The summed E-state index contributed by atoms with van der Waals surface area (Å²) >= 11 is 0. The van der Waals surface area contributed by atoms with E-state index < -0.39 is 16.7 Å². The molecule has 29 heavy (non-hydrogen) atoms. The molecule has 7 heteroatoms. The number of rotatable bonds is 4. The van der Waals surface area contributed by atoms with Crippen LogP contribution in [0.4, 0.5) is 11.4 Å². The zero-order chi connectivity index (χ0) is 20.7. The third kappa shape index (κ3) is 3.02. The van der Waals surface area contributed by atoms with Gasteiger partial charge in [-0.15, -0.1) is 0 Å². The molecule has 0 atom stereocenters. The highest BCUT2D eigenvalue weighted by atomic mass is 16.6. The molecule has 1 aliphatic rings. The minimum Gasteiger partial charge on any atom is -0.457 e. The molecule has 4 rings (SSSR count). The molecule has 0 aromatic heterocycles. The summed E-state index contributed by atoms with van der Waals surface area (Å²) in [6, 6.07) is 16.3. The summed E-state index contributed by atoms with van der Waals surface area (Å²) in [6.45, 7) is 3.89. The van der Waals surface area contributed by atoms with E-state index in [4.69, 9.17) is 4.74 Å². The number of hydrogen-bond acceptors (Lipinski definition) is 5. The lowest BCUT2D eigenvalue weighted by Gasteiger charge is -2.15. The van der Waals surface area contributed by atoms with E-state index in [0.29, 0.717) is 11.4 Å². The molecule has 0 bridgehead atoms. The second-order valence-corrected chi connectivity index (χ2v) is 6.72. The van der Waals surface area contributed by atoms with Crippen molar-refractivity contribution in [2.24, 2.45) is 0 Å². The monoisotopic (exact) mass is 388 g/mol. The Hall–Kier alpha value is -4.00. The fourth-order valence-electron chi connectivity index (χ4n) is 3.40. The Balaban J connectivity index is 1.65. The average molecular weight is 388 g/mol. The second-order valence-electron chi connectivity index (χ2n) is 6.72. The summed E-state index contributed by atoms with van der Waals surface area (Å²) < 4.78 is 5.95. The van der Waals surface area contributed by atoms with Crippen molar-refractivity contribution < 1.29 is 19.2 Å². The summed E-state index contributed by atoms with van der Waals surface area (Å²) in [7, 11) is 0. The molecular formula is C22H16N2O5. The van der Waals surface area contributed by atoms with Gasteiger partial charge in [-0.25, -0.2) is 4.90 Å². The minimum atomic E-state index is -0.708. The van der Waals surface area contributed by atoms with Crippen LogP contribution in [-0.4, -0.2) is 16.7 Å². The molecule has 0 fully saturated rings. The highest BCUT2D eigenvalue weighted by Gasteiger charge is 2.41. The number of para-hydroxylation sites is 1. The summed E-state index contributed by atoms with van der Waals surface area (Å²) in [5.41, 5.74) is 1.76. The third-order valence-electron chi connectivity index (χ3n) is 4.81. The Kier molecular flexibility index (Phi) is 4.35. The first kappa shape index (κ1) is 18.4. The van der Waals surface area contributed by atoms with E-state index >= 15 is 0 Å². The number of nitro groups is 1. The van der Waals surface area contributed by atoms with Crippen LogP contribution in [-0.2, 0) is 0 Å². The van der Waals surface area contributed by atoms with Gasteiger partial charge >= 0.3 is 0 Å². The number of carbonyl (C=O) groups is 2. The molecular weight excluding hydrogens is 372 g/mol. The minimum absolute atomic E-state index is 0.0278. The smallest absolute Gasteiger partial charge is 0.283 e. The van der Waals surface area contributed by atoms with Crippen molar-refractivity contribution in [2.45, 2.75) is 13.8 Å². The molecule has 144 valence electrons. The maximum Gasteiger partial charge on any atom is 0.283 e. The SMILES string of the molecule is Cc1cccc(C)c1Oc1ccc(N2C(=O)c3cccc([N+](=O)[O-])c3C2=O)cc1. The Labute approximate surface area is 166 Å². The van der Waals surface area contributed by atoms with Gasteiger partial charge in [0.05, 0.1) is 16.2 Å². The molecule has 0 saturated carbocycles. The second kappa shape index (κ2) is 6.87. The number of aryl methyl sites for hydroxylation is 2. The van der Waals surface area contributed by atoms with Crippen molar-refractivity contribution in [2.75, 3.05) is 4.90 Å². The van der Waals surface area contributed by atoms with Gasteiger partial charge in [0.1, 0.15) is 17.1 Å². The highest BCUT2D eigenvalue weighted by Crippen LogP contribution is 2.35. The lowest BCUT2D eigenvalue weighted by atomic mass is 10.1. The van der Waals surface area contributed by atoms with Crippen LogP contribution in [0.5, 0.6) is 11.5 Å². The first-order valence-corrected chi connectivity index (χ1v) is 8.89. The number of ether oxygens (including phenoxy) is 1. The van der Waals surface area contributed by atoms with E-state index in [0.717, 1.165) is 21.8 Å². The zero-order valence-corrected chi connectivity index (χ0v) is 15.7. The van der Waals surface area contributed by atoms with Gasteiger partial charge in [0, 0.05) is 6.07 Å². The highest BCUT2D eigenvalue weighted by molar-refractivity contribution is 6.35. The van der Waals surface area contributed by atoms with Crippen LogP contribution in [0.15, 0.2) is 60.7 Å². The standard InChI is InChI=1S/C22H16N2O5/c1-13-5-3-6-14(2)20(13)29-16-11-9-15(10-12-16)23-21(25)17-7-4-8-18(24(27)28)19(17)22(23)26/h3-12H,1-2H3. The normalized spacial score (nSPS) is 12.8. The van der Waals surface area contributed by atoms with Crippen molar-refractivity contribution in [3.63, 3.8) is 0 Å². The molecule has 1 heterocycles. The maximum absolute atomic E-state index is 12.8. The predicted molar refractivity (Wildman–Crippen MR) is 107 cm³/mol. The van der Waals surface area contributed by atoms with E-state index in [1.54, 1.807) is 24.3 Å². The van der Waals surface area contributed by atoms with E-state index in [2.05, 4.69) is 0 Å². The van der Waals surface area contributed by atoms with Crippen molar-refractivity contribution >= 4 is 23.2 Å². The quantitative estimate of drug-likeness (QED) is 0.364. The average Bonchev–Trinajstić information content (AvgIpc) is 2.96. The van der Waals surface area contributed by atoms with E-state index in [1.165, 1.54) is 18.2 Å². The largest absolute Gasteiger partial charge is 0.457 e. The molecule has 0 N–H and O–H groups in total. The number of nitro benzene ring substituents is 1. The fourth-order valence-corrected chi connectivity index (χ4v) is 3.40. The Morgan fingerprint density at radius 2 is 1.48 bits per heavy atom. The molecule has 7 nitrogen and oxygen atoms in total. The van der Waals surface area contributed by atoms with Crippen LogP contribution in [0.2, 0.25) is 0 Å². The first-order chi connectivity index (χ1) is 13.9. The molecule has 0 unspecified atom stereocenters. The van der Waals surface area contributed by atoms with Crippen LogP contribution in [0.25, 0.3) is 0 Å². The number of imide groups is 1. The molecule has 3 aromatic carbocycles. The summed E-state index contributed by atoms with van der Waals surface area (Å²) in [4.78, 5) is 37.0. The lowest BCUT2D eigenvalue weighted by molar-refractivity contribution is -0.385. The number of fused-ring (bicyclic) bond motifs is 1. The first-order valence-electron chi connectivity index (χ1n) is 8.89. The van der Waals surface area contributed by atoms with Gasteiger partial charge in [-0.1, -0.05) is 24.3 Å². The number of amides is 2. The van der Waals surface area contributed by atoms with Gasteiger partial charge < -0.3 is 4.74 Å². The summed E-state index contributed by atoms with van der Waals surface area (Å²) in [5.74, 6) is 0.00294. The van der Waals surface area contributed by atoms with Gasteiger partial charge in [-0.05, 0) is 55.3 Å². The topological polar surface area (TPSA) is 89.8 Å². The van der Waals surface area contributed by atoms with Gasteiger partial charge in [-0.3, -0.25) is 19.7 Å². The molecule has 0 aliphatic carbocycles. The van der Waals surface area contributed by atoms with Gasteiger partial charge in [0.25, 0.3) is 17.5 Å². The third-order valence-corrected chi connectivity index (χ3v) is 4.81. The number of anilines is 1. The molecule has 0 radical (unpaired) electrons. The predicted octanol–water partition coefficient (Wildman–Crippen LogP) is 4.80. The Morgan fingerprint density at radius 1 is 0.862 bits per heavy atom. The molecule has 3 aromatic rings. The van der Waals surface area contributed by atoms with Crippen molar-refractivity contribution in [1.29, 1.82) is 0 Å². The molecule has 0 spiro atoms. The number of nitrogens with zero attached hydrogens (tertiary/aromatic N) is 2. The maximum atomic E-state index is 12.8. The van der Waals surface area contributed by atoms with Crippen LogP contribution in [0, 0.1) is 24.0 Å². The van der Waals surface area contributed by atoms with Crippen LogP contribution in [0.3, 0.4) is 0 Å². The van der Waals surface area contributed by atoms with Crippen molar-refractivity contribution in [3.05, 3.63) is 93.0 Å². The van der Waals surface area contributed by atoms with Gasteiger partial charge in [-0.2, -0.15) is 0 Å². The van der Waals surface area contributed by atoms with Gasteiger partial charge in [0.15, 0.2) is 0 Å². The van der Waals surface area contributed by atoms with E-state index in [9.17, 15) is 19.7 Å². The Morgan fingerprint density at radius 3 is 2.10 bits per heavy atom. The van der Waals surface area contributed by atoms with Gasteiger partial charge in [0.2, 0.25) is 0 Å². The summed E-state index contributed by atoms with van der Waals surface area (Å²) in [6.07, 6.45) is 0. The molecule has 0 saturated heterocycles. The van der Waals surface area contributed by atoms with Crippen LogP contribution >= 0.6 is 0 Å². The van der Waals surface area contributed by atoms with Crippen LogP contribution < -0.4 is 9.64 Å². The summed E-state index contributed by atoms with van der Waals surface area (Å²) in [5, 5.41) is 11.2. The number of hydrogen-bond donors (Lipinski definition) is 0. The van der Waals surface area contributed by atoms with E-state index in [-0.39, 0.29) is 16.8 Å². The number of benzene rings is 3. The zero-order valence-electron chi connectivity index (χ0n) is 15.7. The lowest BCUT2D eigenvalue weighted by Crippen LogP contribution is -2.29. The van der Waals surface area contributed by atoms with Crippen LogP contribution in [0.1, 0.15) is 31.8 Å². The molecule has 1 aliphatic heterocycles.